The average Bonchev–Trinajstić information content (AvgIpc) is 3.22. The maximum absolute atomic E-state index is 10.2. The number of hydrogen-bond donors (Lipinski definition) is 2. The molecule has 2 aromatic rings. The predicted molar refractivity (Wildman–Crippen MR) is 76.1 cm³/mol. The average molecular weight is 270 g/mol. The number of nitrogens with zero attached hydrogens (tertiary/aromatic N) is 3. The number of aliphatic hydroxyl groups excluding tert-OH is 1. The molecule has 1 aromatic carbocycles. The van der Waals surface area contributed by atoms with Gasteiger partial charge in [-0.3, -0.25) is 0 Å². The van der Waals surface area contributed by atoms with Crippen molar-refractivity contribution in [1.29, 1.82) is 5.26 Å². The Bertz CT molecular complexity index is 639. The molecule has 1 saturated carbocycles. The predicted octanol–water partition coefficient (Wildman–Crippen LogP) is 1.22. The van der Waals surface area contributed by atoms with Gasteiger partial charge in [0.05, 0.1) is 36.2 Å². The molecule has 104 valence electrons. The highest BCUT2D eigenvalue weighted by Crippen LogP contribution is 2.19. The van der Waals surface area contributed by atoms with Crippen molar-refractivity contribution in [2.45, 2.75) is 38.0 Å². The smallest absolute Gasteiger partial charge is 0.124 e. The van der Waals surface area contributed by atoms with E-state index in [1.807, 2.05) is 28.8 Å². The summed E-state index contributed by atoms with van der Waals surface area (Å²) < 4.78 is 1.96. The standard InChI is InChI=1S/C15H18N4O/c16-8-7-15-18-13-3-1-2-4-14(13)19(15)10-12(20)9-17-11-5-6-11/h1-4,11-12,17,20H,5-7,9-10H2. The lowest BCUT2D eigenvalue weighted by Crippen LogP contribution is -2.31. The third-order valence-electron chi connectivity index (χ3n) is 3.58. The van der Waals surface area contributed by atoms with E-state index < -0.39 is 6.10 Å². The SMILES string of the molecule is N#CCc1nc2ccccc2n1CC(O)CNC1CC1. The maximum Gasteiger partial charge on any atom is 0.124 e. The number of aliphatic hydroxyl groups is 1. The van der Waals surface area contributed by atoms with Crippen molar-refractivity contribution >= 4 is 11.0 Å². The Morgan fingerprint density at radius 1 is 1.45 bits per heavy atom. The summed E-state index contributed by atoms with van der Waals surface area (Å²) in [7, 11) is 0. The van der Waals surface area contributed by atoms with Crippen LogP contribution in [0.25, 0.3) is 11.0 Å². The molecule has 1 aliphatic rings. The molecular formula is C15H18N4O. The zero-order chi connectivity index (χ0) is 13.9. The van der Waals surface area contributed by atoms with Crippen molar-refractivity contribution in [3.63, 3.8) is 0 Å². The molecule has 20 heavy (non-hydrogen) atoms. The van der Waals surface area contributed by atoms with Gasteiger partial charge >= 0.3 is 0 Å². The minimum Gasteiger partial charge on any atom is -0.390 e. The Labute approximate surface area is 117 Å². The lowest BCUT2D eigenvalue weighted by atomic mass is 10.3. The molecule has 3 rings (SSSR count). The molecule has 1 fully saturated rings. The third kappa shape index (κ3) is 2.82. The number of para-hydroxylation sites is 2. The summed E-state index contributed by atoms with van der Waals surface area (Å²) in [6.45, 7) is 1.06. The monoisotopic (exact) mass is 270 g/mol. The summed E-state index contributed by atoms with van der Waals surface area (Å²) in [4.78, 5) is 4.47. The number of imidazole rings is 1. The third-order valence-corrected chi connectivity index (χ3v) is 3.58. The van der Waals surface area contributed by atoms with Crippen LogP contribution in [0.3, 0.4) is 0 Å². The zero-order valence-electron chi connectivity index (χ0n) is 11.3. The second-order valence-electron chi connectivity index (χ2n) is 5.30. The first-order chi connectivity index (χ1) is 9.78. The Morgan fingerprint density at radius 2 is 2.25 bits per heavy atom. The first-order valence-corrected chi connectivity index (χ1v) is 7.00. The van der Waals surface area contributed by atoms with Gasteiger partial charge in [0.2, 0.25) is 0 Å². The van der Waals surface area contributed by atoms with Gasteiger partial charge in [-0.2, -0.15) is 5.26 Å². The summed E-state index contributed by atoms with van der Waals surface area (Å²) in [5, 5.41) is 22.4. The topological polar surface area (TPSA) is 73.9 Å². The Morgan fingerprint density at radius 3 is 3.00 bits per heavy atom. The molecular weight excluding hydrogens is 252 g/mol. The highest BCUT2D eigenvalue weighted by atomic mass is 16.3. The van der Waals surface area contributed by atoms with Crippen molar-refractivity contribution in [1.82, 2.24) is 14.9 Å². The molecule has 1 unspecified atom stereocenters. The fraction of sp³-hybridized carbons (Fsp3) is 0.467. The minimum absolute atomic E-state index is 0.261. The summed E-state index contributed by atoms with van der Waals surface area (Å²) in [5.74, 6) is 0.721. The molecule has 1 atom stereocenters. The largest absolute Gasteiger partial charge is 0.390 e. The van der Waals surface area contributed by atoms with Crippen LogP contribution < -0.4 is 5.32 Å². The van der Waals surface area contributed by atoms with E-state index in [0.29, 0.717) is 19.1 Å². The molecule has 0 bridgehead atoms. The van der Waals surface area contributed by atoms with Crippen LogP contribution in [0.15, 0.2) is 24.3 Å². The van der Waals surface area contributed by atoms with Gasteiger partial charge in [0.1, 0.15) is 5.82 Å². The quantitative estimate of drug-likeness (QED) is 0.827. The fourth-order valence-electron chi connectivity index (χ4n) is 2.40. The highest BCUT2D eigenvalue weighted by molar-refractivity contribution is 5.76. The minimum atomic E-state index is -0.467. The first kappa shape index (κ1) is 13.1. The van der Waals surface area contributed by atoms with Gasteiger partial charge in [-0.15, -0.1) is 0 Å². The van der Waals surface area contributed by atoms with Gasteiger partial charge in [-0.1, -0.05) is 12.1 Å². The number of rotatable bonds is 6. The van der Waals surface area contributed by atoms with Crippen LogP contribution in [0.1, 0.15) is 18.7 Å². The zero-order valence-corrected chi connectivity index (χ0v) is 11.3. The molecule has 1 aliphatic carbocycles. The van der Waals surface area contributed by atoms with Crippen molar-refractivity contribution in [2.75, 3.05) is 6.54 Å². The summed E-state index contributed by atoms with van der Waals surface area (Å²) in [5.41, 5.74) is 1.85. The summed E-state index contributed by atoms with van der Waals surface area (Å²) in [6, 6.07) is 10.5. The van der Waals surface area contributed by atoms with Crippen molar-refractivity contribution in [2.24, 2.45) is 0 Å². The second-order valence-corrected chi connectivity index (χ2v) is 5.30. The molecule has 2 N–H and O–H groups in total. The number of fused-ring (bicyclic) bond motifs is 1. The van der Waals surface area contributed by atoms with E-state index in [9.17, 15) is 5.11 Å². The van der Waals surface area contributed by atoms with Crippen LogP contribution in [0.4, 0.5) is 0 Å². The Balaban J connectivity index is 1.80. The lowest BCUT2D eigenvalue weighted by molar-refractivity contribution is 0.151. The second kappa shape index (κ2) is 5.61. The number of nitrogens with one attached hydrogen (secondary N) is 1. The molecule has 0 amide bonds. The molecule has 0 spiro atoms. The van der Waals surface area contributed by atoms with E-state index >= 15 is 0 Å². The van der Waals surface area contributed by atoms with Gasteiger partial charge in [0.25, 0.3) is 0 Å². The maximum atomic E-state index is 10.2. The van der Waals surface area contributed by atoms with Gasteiger partial charge in [0.15, 0.2) is 0 Å². The van der Waals surface area contributed by atoms with E-state index in [1.165, 1.54) is 12.8 Å². The molecule has 0 aliphatic heterocycles. The fourth-order valence-corrected chi connectivity index (χ4v) is 2.40. The molecule has 1 aromatic heterocycles. The molecule has 0 radical (unpaired) electrons. The van der Waals surface area contributed by atoms with Crippen LogP contribution in [0.5, 0.6) is 0 Å². The van der Waals surface area contributed by atoms with Crippen molar-refractivity contribution in [3.8, 4) is 6.07 Å². The Hall–Kier alpha value is -1.90. The van der Waals surface area contributed by atoms with Crippen LogP contribution in [0, 0.1) is 11.3 Å². The van der Waals surface area contributed by atoms with Crippen LogP contribution in [-0.4, -0.2) is 33.3 Å². The summed E-state index contributed by atoms with van der Waals surface area (Å²) >= 11 is 0. The van der Waals surface area contributed by atoms with E-state index in [-0.39, 0.29) is 6.42 Å². The molecule has 1 heterocycles. The van der Waals surface area contributed by atoms with E-state index in [4.69, 9.17) is 5.26 Å². The van der Waals surface area contributed by atoms with Gasteiger partial charge in [-0.05, 0) is 25.0 Å². The molecule has 0 saturated heterocycles. The first-order valence-electron chi connectivity index (χ1n) is 7.00. The van der Waals surface area contributed by atoms with Crippen LogP contribution in [0.2, 0.25) is 0 Å². The molecule has 5 heteroatoms. The van der Waals surface area contributed by atoms with E-state index in [2.05, 4.69) is 16.4 Å². The molecule has 5 nitrogen and oxygen atoms in total. The normalized spacial score (nSPS) is 16.2. The number of hydrogen-bond acceptors (Lipinski definition) is 4. The van der Waals surface area contributed by atoms with Crippen molar-refractivity contribution in [3.05, 3.63) is 30.1 Å². The van der Waals surface area contributed by atoms with E-state index in [0.717, 1.165) is 16.9 Å². The van der Waals surface area contributed by atoms with Gasteiger partial charge < -0.3 is 15.0 Å². The highest BCUT2D eigenvalue weighted by Gasteiger charge is 2.22. The summed E-state index contributed by atoms with van der Waals surface area (Å²) in [6.07, 6.45) is 2.21. The number of nitriles is 1. The Kier molecular flexibility index (Phi) is 3.68. The van der Waals surface area contributed by atoms with Gasteiger partial charge in [-0.25, -0.2) is 4.98 Å². The number of benzene rings is 1. The van der Waals surface area contributed by atoms with Crippen LogP contribution >= 0.6 is 0 Å². The number of aromatic nitrogens is 2. The van der Waals surface area contributed by atoms with Crippen molar-refractivity contribution < 1.29 is 5.11 Å². The van der Waals surface area contributed by atoms with Crippen LogP contribution in [-0.2, 0) is 13.0 Å². The lowest BCUT2D eigenvalue weighted by Gasteiger charge is -2.14. The van der Waals surface area contributed by atoms with Gasteiger partial charge in [0, 0.05) is 12.6 Å². The van der Waals surface area contributed by atoms with E-state index in [1.54, 1.807) is 0 Å².